The average molecular weight is 434 g/mol. The fraction of sp³-hybridized carbons (Fsp3) is 0.478. The molecule has 30 heavy (non-hydrogen) atoms. The van der Waals surface area contributed by atoms with Gasteiger partial charge in [-0.05, 0) is 54.7 Å². The molecule has 0 spiro atoms. The number of anilines is 1. The summed E-state index contributed by atoms with van der Waals surface area (Å²) in [6, 6.07) is 8.15. The van der Waals surface area contributed by atoms with E-state index in [0.717, 1.165) is 24.8 Å². The van der Waals surface area contributed by atoms with E-state index in [2.05, 4.69) is 13.0 Å². The Morgan fingerprint density at radius 3 is 1.77 bits per heavy atom. The lowest BCUT2D eigenvalue weighted by molar-refractivity contribution is 0.296. The number of benzene rings is 2. The summed E-state index contributed by atoms with van der Waals surface area (Å²) in [5.41, 5.74) is 9.25. The molecule has 7 heteroatoms. The Kier molecular flexibility index (Phi) is 7.48. The maximum atomic E-state index is 6.30. The van der Waals surface area contributed by atoms with E-state index < -0.39 is 0 Å². The van der Waals surface area contributed by atoms with Gasteiger partial charge in [0.1, 0.15) is 0 Å². The molecule has 1 saturated heterocycles. The lowest BCUT2D eigenvalue weighted by Crippen LogP contribution is -2.03. The van der Waals surface area contributed by atoms with E-state index in [1.54, 1.807) is 28.4 Å². The normalized spacial score (nSPS) is 18.2. The zero-order valence-electron chi connectivity index (χ0n) is 18.3. The summed E-state index contributed by atoms with van der Waals surface area (Å²) in [5, 5.41) is 0.650. The third-order valence-corrected chi connectivity index (χ3v) is 6.90. The Balaban J connectivity index is 1.84. The van der Waals surface area contributed by atoms with Crippen molar-refractivity contribution in [2.75, 3.05) is 40.8 Å². The molecule has 0 aliphatic carbocycles. The van der Waals surface area contributed by atoms with Gasteiger partial charge < -0.3 is 29.4 Å². The highest BCUT2D eigenvalue weighted by Crippen LogP contribution is 2.55. The van der Waals surface area contributed by atoms with Crippen LogP contribution in [0.25, 0.3) is 0 Å². The van der Waals surface area contributed by atoms with E-state index in [-0.39, 0.29) is 0 Å². The van der Waals surface area contributed by atoms with Crippen LogP contribution in [0.1, 0.15) is 47.8 Å². The first-order valence-corrected chi connectivity index (χ1v) is 11.1. The van der Waals surface area contributed by atoms with Gasteiger partial charge in [0.25, 0.3) is 0 Å². The van der Waals surface area contributed by atoms with Gasteiger partial charge in [-0.3, -0.25) is 0 Å². The molecule has 1 aliphatic heterocycles. The Bertz CT molecular complexity index is 848. The molecule has 2 aromatic rings. The first-order valence-electron chi connectivity index (χ1n) is 10.1. The van der Waals surface area contributed by atoms with Crippen LogP contribution < -0.4 is 29.4 Å². The van der Waals surface area contributed by atoms with Crippen molar-refractivity contribution in [1.29, 1.82) is 0 Å². The van der Waals surface area contributed by atoms with E-state index in [1.807, 2.05) is 30.0 Å². The molecule has 0 amide bonds. The van der Waals surface area contributed by atoms with Crippen LogP contribution in [0.5, 0.6) is 28.7 Å². The average Bonchev–Trinajstić information content (AvgIpc) is 3.27. The fourth-order valence-corrected chi connectivity index (χ4v) is 5.28. The summed E-state index contributed by atoms with van der Waals surface area (Å²) in [6.45, 7) is 2.68. The SMILES string of the molecule is CCCOc1c(N)cc([C@H]2CC[C@H](c3cc(OC)c(OC)c(OC)c3)S2)cc1OC. The van der Waals surface area contributed by atoms with Crippen LogP contribution in [0.3, 0.4) is 0 Å². The van der Waals surface area contributed by atoms with Crippen molar-refractivity contribution in [3.8, 4) is 28.7 Å². The largest absolute Gasteiger partial charge is 0.493 e. The molecule has 0 saturated carbocycles. The molecule has 0 aromatic heterocycles. The lowest BCUT2D eigenvalue weighted by Gasteiger charge is -2.19. The first-order chi connectivity index (χ1) is 14.6. The highest BCUT2D eigenvalue weighted by Gasteiger charge is 2.30. The molecule has 6 nitrogen and oxygen atoms in total. The molecule has 2 atom stereocenters. The molecule has 3 rings (SSSR count). The first kappa shape index (κ1) is 22.3. The lowest BCUT2D eigenvalue weighted by atomic mass is 10.0. The van der Waals surface area contributed by atoms with Gasteiger partial charge in [0.05, 0.1) is 40.7 Å². The van der Waals surface area contributed by atoms with Crippen molar-refractivity contribution in [1.82, 2.24) is 0 Å². The van der Waals surface area contributed by atoms with Crippen molar-refractivity contribution in [2.45, 2.75) is 36.7 Å². The summed E-state index contributed by atoms with van der Waals surface area (Å²) in [4.78, 5) is 0. The molecule has 0 unspecified atom stereocenters. The van der Waals surface area contributed by atoms with Crippen LogP contribution in [-0.4, -0.2) is 35.0 Å². The summed E-state index contributed by atoms with van der Waals surface area (Å²) < 4.78 is 27.8. The fourth-order valence-electron chi connectivity index (χ4n) is 3.76. The highest BCUT2D eigenvalue weighted by molar-refractivity contribution is 8.00. The second-order valence-electron chi connectivity index (χ2n) is 7.14. The van der Waals surface area contributed by atoms with E-state index in [0.29, 0.717) is 51.5 Å². The van der Waals surface area contributed by atoms with Crippen molar-refractivity contribution in [3.63, 3.8) is 0 Å². The van der Waals surface area contributed by atoms with Crippen LogP contribution in [0, 0.1) is 0 Å². The maximum absolute atomic E-state index is 6.30. The molecule has 0 bridgehead atoms. The summed E-state index contributed by atoms with van der Waals surface area (Å²) in [5.74, 6) is 3.30. The second kappa shape index (κ2) is 10.1. The minimum absolute atomic E-state index is 0.325. The van der Waals surface area contributed by atoms with Gasteiger partial charge in [-0.1, -0.05) is 6.92 Å². The Labute approximate surface area is 183 Å². The number of rotatable bonds is 9. The molecule has 1 fully saturated rings. The number of ether oxygens (including phenoxy) is 5. The highest BCUT2D eigenvalue weighted by atomic mass is 32.2. The number of methoxy groups -OCH3 is 4. The quantitative estimate of drug-likeness (QED) is 0.531. The molecule has 1 aliphatic rings. The van der Waals surface area contributed by atoms with E-state index >= 15 is 0 Å². The second-order valence-corrected chi connectivity index (χ2v) is 8.55. The van der Waals surface area contributed by atoms with Crippen LogP contribution in [0.15, 0.2) is 24.3 Å². The van der Waals surface area contributed by atoms with E-state index in [1.165, 1.54) is 5.56 Å². The standard InChI is InChI=1S/C23H31NO5S/c1-6-9-29-22-16(24)10-14(11-17(22)25-2)20-7-8-21(30-20)15-12-18(26-3)23(28-5)19(13-15)27-4/h10-13,20-21H,6-9,24H2,1-5H3/t20-,21-/m1/s1. The minimum atomic E-state index is 0.325. The Morgan fingerprint density at radius 1 is 0.800 bits per heavy atom. The Morgan fingerprint density at radius 2 is 1.30 bits per heavy atom. The number of hydrogen-bond acceptors (Lipinski definition) is 7. The smallest absolute Gasteiger partial charge is 0.203 e. The van der Waals surface area contributed by atoms with Crippen LogP contribution in [-0.2, 0) is 0 Å². The van der Waals surface area contributed by atoms with E-state index in [4.69, 9.17) is 29.4 Å². The summed E-state index contributed by atoms with van der Waals surface area (Å²) >= 11 is 1.92. The molecule has 164 valence electrons. The van der Waals surface area contributed by atoms with Crippen LogP contribution >= 0.6 is 11.8 Å². The number of thioether (sulfide) groups is 1. The predicted molar refractivity (Wildman–Crippen MR) is 122 cm³/mol. The molecule has 0 radical (unpaired) electrons. The van der Waals surface area contributed by atoms with Gasteiger partial charge in [0.15, 0.2) is 23.0 Å². The van der Waals surface area contributed by atoms with E-state index in [9.17, 15) is 0 Å². The predicted octanol–water partition coefficient (Wildman–Crippen LogP) is 5.40. The molecule has 2 N–H and O–H groups in total. The zero-order valence-corrected chi connectivity index (χ0v) is 19.1. The van der Waals surface area contributed by atoms with Crippen molar-refractivity contribution >= 4 is 17.4 Å². The molecular weight excluding hydrogens is 402 g/mol. The van der Waals surface area contributed by atoms with Crippen molar-refractivity contribution in [2.24, 2.45) is 0 Å². The van der Waals surface area contributed by atoms with Gasteiger partial charge in [0.2, 0.25) is 5.75 Å². The summed E-state index contributed by atoms with van der Waals surface area (Å²) in [7, 11) is 6.55. The van der Waals surface area contributed by atoms with Crippen LogP contribution in [0.2, 0.25) is 0 Å². The van der Waals surface area contributed by atoms with Gasteiger partial charge in [-0.2, -0.15) is 0 Å². The molecular formula is C23H31NO5S. The number of nitrogens with two attached hydrogens (primary N) is 1. The molecule has 1 heterocycles. The number of nitrogen functional groups attached to an aromatic ring is 1. The monoisotopic (exact) mass is 433 g/mol. The van der Waals surface area contributed by atoms with Crippen molar-refractivity contribution < 1.29 is 23.7 Å². The van der Waals surface area contributed by atoms with Crippen molar-refractivity contribution in [3.05, 3.63) is 35.4 Å². The van der Waals surface area contributed by atoms with Gasteiger partial charge in [-0.25, -0.2) is 0 Å². The maximum Gasteiger partial charge on any atom is 0.203 e. The zero-order chi connectivity index (χ0) is 21.7. The topological polar surface area (TPSA) is 72.2 Å². The van der Waals surface area contributed by atoms with Gasteiger partial charge in [0, 0.05) is 10.5 Å². The Hall–Kier alpha value is -2.41. The molecule has 2 aromatic carbocycles. The number of hydrogen-bond donors (Lipinski definition) is 1. The third-order valence-electron chi connectivity index (χ3n) is 5.23. The third kappa shape index (κ3) is 4.51. The minimum Gasteiger partial charge on any atom is -0.493 e. The van der Waals surface area contributed by atoms with Gasteiger partial charge in [-0.15, -0.1) is 11.8 Å². The van der Waals surface area contributed by atoms with Crippen LogP contribution in [0.4, 0.5) is 5.69 Å². The van der Waals surface area contributed by atoms with Gasteiger partial charge >= 0.3 is 0 Å². The summed E-state index contributed by atoms with van der Waals surface area (Å²) in [6.07, 6.45) is 3.01.